The van der Waals surface area contributed by atoms with E-state index in [1.165, 1.54) is 11.8 Å². The molecule has 150 valence electrons. The topological polar surface area (TPSA) is 69.0 Å². The number of methoxy groups -OCH3 is 1. The Bertz CT molecular complexity index is 1040. The van der Waals surface area contributed by atoms with Gasteiger partial charge < -0.3 is 10.1 Å². The summed E-state index contributed by atoms with van der Waals surface area (Å²) in [6.45, 7) is 4.27. The SMILES string of the molecule is C=CCn1c(SCC(=O)Nc2ccccc2OC)nnc1-c1ccc(Cl)c(Cl)c1. The number of ether oxygens (including phenoxy) is 1. The Morgan fingerprint density at radius 2 is 2.03 bits per heavy atom. The van der Waals surface area contributed by atoms with Gasteiger partial charge in [0.1, 0.15) is 5.75 Å². The standard InChI is InChI=1S/C20H18Cl2N4O2S/c1-3-10-26-19(13-8-9-14(21)15(22)11-13)24-25-20(26)29-12-18(27)23-16-6-4-5-7-17(16)28-2/h3-9,11H,1,10,12H2,2H3,(H,23,27). The van der Waals surface area contributed by atoms with Gasteiger partial charge in [-0.3, -0.25) is 9.36 Å². The first-order valence-electron chi connectivity index (χ1n) is 8.58. The summed E-state index contributed by atoms with van der Waals surface area (Å²) in [4.78, 5) is 12.4. The predicted octanol–water partition coefficient (Wildman–Crippen LogP) is 5.18. The van der Waals surface area contributed by atoms with Crippen LogP contribution < -0.4 is 10.1 Å². The number of halogens is 2. The summed E-state index contributed by atoms with van der Waals surface area (Å²) in [6.07, 6.45) is 1.74. The van der Waals surface area contributed by atoms with Gasteiger partial charge in [-0.1, -0.05) is 53.2 Å². The normalized spacial score (nSPS) is 10.6. The molecule has 3 rings (SSSR count). The minimum Gasteiger partial charge on any atom is -0.495 e. The Kier molecular flexibility index (Phi) is 7.19. The van der Waals surface area contributed by atoms with Crippen LogP contribution >= 0.6 is 35.0 Å². The van der Waals surface area contributed by atoms with E-state index in [0.29, 0.717) is 39.0 Å². The van der Waals surface area contributed by atoms with Crippen LogP contribution in [0.5, 0.6) is 5.75 Å². The van der Waals surface area contributed by atoms with Gasteiger partial charge in [-0.15, -0.1) is 16.8 Å². The molecule has 0 fully saturated rings. The summed E-state index contributed by atoms with van der Waals surface area (Å²) < 4.78 is 7.12. The van der Waals surface area contributed by atoms with Crippen LogP contribution in [0.25, 0.3) is 11.4 Å². The number of benzene rings is 2. The molecule has 29 heavy (non-hydrogen) atoms. The van der Waals surface area contributed by atoms with Crippen LogP contribution in [0, 0.1) is 0 Å². The number of amides is 1. The Labute approximate surface area is 182 Å². The first kappa shape index (κ1) is 21.2. The summed E-state index contributed by atoms with van der Waals surface area (Å²) in [7, 11) is 1.56. The molecule has 0 spiro atoms. The highest BCUT2D eigenvalue weighted by molar-refractivity contribution is 7.99. The van der Waals surface area contributed by atoms with E-state index in [1.54, 1.807) is 37.5 Å². The van der Waals surface area contributed by atoms with Crippen molar-refractivity contribution in [2.45, 2.75) is 11.7 Å². The van der Waals surface area contributed by atoms with Crippen molar-refractivity contribution in [2.75, 3.05) is 18.2 Å². The van der Waals surface area contributed by atoms with E-state index in [9.17, 15) is 4.79 Å². The average Bonchev–Trinajstić information content (AvgIpc) is 3.12. The molecule has 9 heteroatoms. The van der Waals surface area contributed by atoms with Gasteiger partial charge in [0.2, 0.25) is 5.91 Å². The highest BCUT2D eigenvalue weighted by atomic mass is 35.5. The zero-order valence-electron chi connectivity index (χ0n) is 15.6. The van der Waals surface area contributed by atoms with Gasteiger partial charge in [-0.2, -0.15) is 0 Å². The number of nitrogens with one attached hydrogen (secondary N) is 1. The molecule has 0 aliphatic heterocycles. The maximum atomic E-state index is 12.4. The molecule has 0 saturated heterocycles. The number of anilines is 1. The Balaban J connectivity index is 1.75. The van der Waals surface area contributed by atoms with Crippen LogP contribution in [0.15, 0.2) is 60.3 Å². The van der Waals surface area contributed by atoms with Crippen molar-refractivity contribution in [2.24, 2.45) is 0 Å². The number of allylic oxidation sites excluding steroid dienone is 1. The van der Waals surface area contributed by atoms with Crippen molar-refractivity contribution in [3.63, 3.8) is 0 Å². The molecule has 1 amide bonds. The molecular weight excluding hydrogens is 431 g/mol. The first-order valence-corrected chi connectivity index (χ1v) is 10.3. The zero-order valence-corrected chi connectivity index (χ0v) is 17.9. The van der Waals surface area contributed by atoms with Crippen LogP contribution in [0.4, 0.5) is 5.69 Å². The number of carbonyl (C=O) groups is 1. The lowest BCUT2D eigenvalue weighted by Gasteiger charge is -2.10. The van der Waals surface area contributed by atoms with Gasteiger partial charge >= 0.3 is 0 Å². The monoisotopic (exact) mass is 448 g/mol. The van der Waals surface area contributed by atoms with Crippen molar-refractivity contribution >= 4 is 46.6 Å². The fourth-order valence-electron chi connectivity index (χ4n) is 2.60. The van der Waals surface area contributed by atoms with Crippen molar-refractivity contribution in [3.8, 4) is 17.1 Å². The molecule has 0 aliphatic rings. The molecule has 1 heterocycles. The van der Waals surface area contributed by atoms with Crippen molar-refractivity contribution in [1.29, 1.82) is 0 Å². The lowest BCUT2D eigenvalue weighted by Crippen LogP contribution is -2.15. The maximum absolute atomic E-state index is 12.4. The lowest BCUT2D eigenvalue weighted by atomic mass is 10.2. The number of hydrogen-bond donors (Lipinski definition) is 1. The Morgan fingerprint density at radius 3 is 2.76 bits per heavy atom. The summed E-state index contributed by atoms with van der Waals surface area (Å²) in [5, 5.41) is 12.8. The van der Waals surface area contributed by atoms with Gasteiger partial charge in [0, 0.05) is 12.1 Å². The number of aromatic nitrogens is 3. The summed E-state index contributed by atoms with van der Waals surface area (Å²) in [5.41, 5.74) is 1.39. The molecule has 0 aliphatic carbocycles. The smallest absolute Gasteiger partial charge is 0.234 e. The molecule has 0 radical (unpaired) electrons. The quantitative estimate of drug-likeness (QED) is 0.379. The fraction of sp³-hybridized carbons (Fsp3) is 0.150. The van der Waals surface area contributed by atoms with Gasteiger partial charge in [0.05, 0.1) is 28.6 Å². The van der Waals surface area contributed by atoms with Gasteiger partial charge in [-0.05, 0) is 30.3 Å². The molecule has 1 N–H and O–H groups in total. The van der Waals surface area contributed by atoms with Gasteiger partial charge in [0.25, 0.3) is 0 Å². The Hall–Kier alpha value is -2.48. The molecule has 2 aromatic carbocycles. The number of carbonyl (C=O) groups excluding carboxylic acids is 1. The molecule has 0 unspecified atom stereocenters. The number of thioether (sulfide) groups is 1. The third kappa shape index (κ3) is 5.12. The summed E-state index contributed by atoms with van der Waals surface area (Å²) in [5.74, 6) is 1.21. The number of rotatable bonds is 8. The minimum absolute atomic E-state index is 0.161. The van der Waals surface area contributed by atoms with E-state index in [0.717, 1.165) is 5.56 Å². The van der Waals surface area contributed by atoms with Crippen LogP contribution in [0.2, 0.25) is 10.0 Å². The van der Waals surface area contributed by atoms with Crippen molar-refractivity contribution < 1.29 is 9.53 Å². The van der Waals surface area contributed by atoms with E-state index in [2.05, 4.69) is 22.1 Å². The highest BCUT2D eigenvalue weighted by Crippen LogP contribution is 2.30. The molecule has 0 atom stereocenters. The second kappa shape index (κ2) is 9.82. The maximum Gasteiger partial charge on any atom is 0.234 e. The third-order valence-corrected chi connectivity index (χ3v) is 5.63. The molecular formula is C20H18Cl2N4O2S. The second-order valence-electron chi connectivity index (χ2n) is 5.87. The van der Waals surface area contributed by atoms with E-state index < -0.39 is 0 Å². The lowest BCUT2D eigenvalue weighted by molar-refractivity contribution is -0.113. The number of para-hydroxylation sites is 2. The molecule has 6 nitrogen and oxygen atoms in total. The molecule has 0 bridgehead atoms. The number of hydrogen-bond acceptors (Lipinski definition) is 5. The van der Waals surface area contributed by atoms with Crippen LogP contribution in [0.1, 0.15) is 0 Å². The minimum atomic E-state index is -0.177. The molecule has 3 aromatic rings. The van der Waals surface area contributed by atoms with Gasteiger partial charge in [-0.25, -0.2) is 0 Å². The van der Waals surface area contributed by atoms with Crippen molar-refractivity contribution in [1.82, 2.24) is 14.8 Å². The van der Waals surface area contributed by atoms with E-state index in [1.807, 2.05) is 22.8 Å². The van der Waals surface area contributed by atoms with E-state index in [4.69, 9.17) is 27.9 Å². The number of nitrogens with zero attached hydrogens (tertiary/aromatic N) is 3. The zero-order chi connectivity index (χ0) is 20.8. The molecule has 1 aromatic heterocycles. The summed E-state index contributed by atoms with van der Waals surface area (Å²) >= 11 is 13.4. The molecule has 0 saturated carbocycles. The van der Waals surface area contributed by atoms with E-state index in [-0.39, 0.29) is 11.7 Å². The summed E-state index contributed by atoms with van der Waals surface area (Å²) in [6, 6.07) is 12.5. The van der Waals surface area contributed by atoms with Crippen LogP contribution in [-0.2, 0) is 11.3 Å². The van der Waals surface area contributed by atoms with Crippen molar-refractivity contribution in [3.05, 3.63) is 65.2 Å². The van der Waals surface area contributed by atoms with Crippen LogP contribution in [0.3, 0.4) is 0 Å². The third-order valence-electron chi connectivity index (χ3n) is 3.92. The average molecular weight is 449 g/mol. The predicted molar refractivity (Wildman–Crippen MR) is 118 cm³/mol. The fourth-order valence-corrected chi connectivity index (χ4v) is 3.65. The first-order chi connectivity index (χ1) is 14.0. The Morgan fingerprint density at radius 1 is 1.24 bits per heavy atom. The highest BCUT2D eigenvalue weighted by Gasteiger charge is 2.16. The van der Waals surface area contributed by atoms with Gasteiger partial charge in [0.15, 0.2) is 11.0 Å². The largest absolute Gasteiger partial charge is 0.495 e. The second-order valence-corrected chi connectivity index (χ2v) is 7.63. The van der Waals surface area contributed by atoms with Crippen LogP contribution in [-0.4, -0.2) is 33.5 Å². The van der Waals surface area contributed by atoms with E-state index >= 15 is 0 Å².